The molecule has 0 aromatic heterocycles. The van der Waals surface area contributed by atoms with E-state index in [0.29, 0.717) is 0 Å². The van der Waals surface area contributed by atoms with Crippen molar-refractivity contribution in [3.63, 3.8) is 0 Å². The second-order valence-corrected chi connectivity index (χ2v) is 5.56. The molecule has 0 atom stereocenters. The van der Waals surface area contributed by atoms with Gasteiger partial charge in [-0.2, -0.15) is 10.2 Å². The Balaban J connectivity index is 1.90. The molecule has 25 heavy (non-hydrogen) atoms. The van der Waals surface area contributed by atoms with Crippen LogP contribution in [-0.2, 0) is 6.42 Å². The van der Waals surface area contributed by atoms with Crippen LogP contribution in [0.25, 0.3) is 0 Å². The quantitative estimate of drug-likeness (QED) is 0.200. The number of allylic oxidation sites excluding steroid dienone is 1. The molecule has 0 radical (unpaired) electrons. The maximum Gasteiger partial charge on any atom is 0.194 e. The van der Waals surface area contributed by atoms with Crippen LogP contribution in [0.3, 0.4) is 0 Å². The molecular formula is C20H19F3N2. The molecule has 0 aliphatic heterocycles. The average Bonchev–Trinajstić information content (AvgIpc) is 2.61. The molecule has 0 saturated carbocycles. The van der Waals surface area contributed by atoms with Gasteiger partial charge in [-0.1, -0.05) is 30.3 Å². The summed E-state index contributed by atoms with van der Waals surface area (Å²) in [7, 11) is 0. The summed E-state index contributed by atoms with van der Waals surface area (Å²) in [4.78, 5) is 0. The average molecular weight is 344 g/mol. The summed E-state index contributed by atoms with van der Waals surface area (Å²) in [5, 5.41) is 7.55. The van der Waals surface area contributed by atoms with Crippen LogP contribution in [0.5, 0.6) is 0 Å². The normalized spacial score (nSPS) is 11.5. The van der Waals surface area contributed by atoms with Gasteiger partial charge in [-0.25, -0.2) is 13.2 Å². The van der Waals surface area contributed by atoms with E-state index < -0.39 is 17.5 Å². The van der Waals surface area contributed by atoms with Crippen molar-refractivity contribution in [1.82, 2.24) is 0 Å². The molecule has 0 heterocycles. The lowest BCUT2D eigenvalue weighted by Gasteiger charge is -2.00. The van der Waals surface area contributed by atoms with Gasteiger partial charge in [0, 0.05) is 5.56 Å². The van der Waals surface area contributed by atoms with E-state index >= 15 is 0 Å². The molecule has 0 bridgehead atoms. The molecule has 0 N–H and O–H groups in total. The number of benzene rings is 2. The summed E-state index contributed by atoms with van der Waals surface area (Å²) < 4.78 is 39.0. The summed E-state index contributed by atoms with van der Waals surface area (Å²) in [6.45, 7) is 3.70. The first-order valence-electron chi connectivity index (χ1n) is 8.01. The lowest BCUT2D eigenvalue weighted by Crippen LogP contribution is -1.93. The Hall–Kier alpha value is -2.69. The van der Waals surface area contributed by atoms with Gasteiger partial charge in [0.15, 0.2) is 17.5 Å². The zero-order valence-electron chi connectivity index (χ0n) is 13.8. The minimum atomic E-state index is -1.50. The van der Waals surface area contributed by atoms with Gasteiger partial charge in [0.05, 0.1) is 12.4 Å². The summed E-state index contributed by atoms with van der Waals surface area (Å²) in [6.07, 6.45) is 8.93. The highest BCUT2D eigenvalue weighted by molar-refractivity contribution is 5.82. The molecule has 2 nitrogen and oxygen atoms in total. The van der Waals surface area contributed by atoms with Crippen molar-refractivity contribution in [2.24, 2.45) is 10.2 Å². The molecule has 0 saturated heterocycles. The van der Waals surface area contributed by atoms with Crippen LogP contribution in [0.15, 0.2) is 59.3 Å². The third-order valence-corrected chi connectivity index (χ3v) is 3.59. The fourth-order valence-corrected chi connectivity index (χ4v) is 2.24. The van der Waals surface area contributed by atoms with E-state index in [0.717, 1.165) is 49.6 Å². The van der Waals surface area contributed by atoms with Gasteiger partial charge in [-0.05, 0) is 48.9 Å². The highest BCUT2D eigenvalue weighted by Crippen LogP contribution is 2.12. The van der Waals surface area contributed by atoms with Crippen molar-refractivity contribution in [3.8, 4) is 0 Å². The van der Waals surface area contributed by atoms with E-state index in [4.69, 9.17) is 0 Å². The van der Waals surface area contributed by atoms with E-state index in [9.17, 15) is 13.2 Å². The van der Waals surface area contributed by atoms with Gasteiger partial charge in [-0.3, -0.25) is 0 Å². The van der Waals surface area contributed by atoms with Gasteiger partial charge < -0.3 is 0 Å². The van der Waals surface area contributed by atoms with Crippen molar-refractivity contribution in [3.05, 3.63) is 83.2 Å². The van der Waals surface area contributed by atoms with Crippen molar-refractivity contribution in [2.45, 2.75) is 25.7 Å². The molecule has 0 aliphatic rings. The molecule has 2 rings (SSSR count). The van der Waals surface area contributed by atoms with Crippen molar-refractivity contribution in [2.75, 3.05) is 0 Å². The van der Waals surface area contributed by atoms with Gasteiger partial charge >= 0.3 is 0 Å². The fraction of sp³-hybridized carbons (Fsp3) is 0.200. The number of hydrogen-bond donors (Lipinski definition) is 0. The Morgan fingerprint density at radius 2 is 1.44 bits per heavy atom. The lowest BCUT2D eigenvalue weighted by molar-refractivity contribution is 0.447. The van der Waals surface area contributed by atoms with Crippen LogP contribution < -0.4 is 0 Å². The predicted molar refractivity (Wildman–Crippen MR) is 95.7 cm³/mol. The largest absolute Gasteiger partial charge is 0.204 e. The molecule has 130 valence electrons. The highest BCUT2D eigenvalue weighted by Gasteiger charge is 2.09. The van der Waals surface area contributed by atoms with Gasteiger partial charge in [0.25, 0.3) is 0 Å². The summed E-state index contributed by atoms with van der Waals surface area (Å²) in [6, 6.07) is 9.64. The third kappa shape index (κ3) is 6.03. The zero-order valence-corrected chi connectivity index (χ0v) is 13.8. The van der Waals surface area contributed by atoms with Crippen LogP contribution in [0.4, 0.5) is 13.2 Å². The van der Waals surface area contributed by atoms with Gasteiger partial charge in [0.1, 0.15) is 0 Å². The maximum absolute atomic E-state index is 13.1. The maximum atomic E-state index is 13.1. The van der Waals surface area contributed by atoms with Crippen molar-refractivity contribution >= 4 is 12.4 Å². The summed E-state index contributed by atoms with van der Waals surface area (Å²) in [5.41, 5.74) is 2.22. The smallest absolute Gasteiger partial charge is 0.194 e. The molecule has 5 heteroatoms. The van der Waals surface area contributed by atoms with E-state index in [1.165, 1.54) is 11.8 Å². The van der Waals surface area contributed by atoms with Gasteiger partial charge in [-0.15, -0.1) is 6.58 Å². The first-order valence-corrected chi connectivity index (χ1v) is 8.01. The Morgan fingerprint density at radius 1 is 0.840 bits per heavy atom. The molecule has 0 aliphatic carbocycles. The minimum absolute atomic E-state index is 0.100. The van der Waals surface area contributed by atoms with Crippen LogP contribution >= 0.6 is 0 Å². The first kappa shape index (κ1) is 18.6. The summed E-state index contributed by atoms with van der Waals surface area (Å²) >= 11 is 0. The standard InChI is InChI=1S/C20H19F3N2/c1-2-3-4-5-6-15-7-9-16(10-8-15)13-24-25-14-17-11-18(21)20(23)19(22)12-17/h2,7-14H,1,3-6H2/b24-13+,25-14+. The topological polar surface area (TPSA) is 24.7 Å². The summed E-state index contributed by atoms with van der Waals surface area (Å²) in [5.74, 6) is -4.01. The Morgan fingerprint density at radius 3 is 2.04 bits per heavy atom. The second-order valence-electron chi connectivity index (χ2n) is 5.56. The number of hydrogen-bond acceptors (Lipinski definition) is 2. The van der Waals surface area contributed by atoms with E-state index in [1.54, 1.807) is 0 Å². The number of rotatable bonds is 8. The Kier molecular flexibility index (Phi) is 7.14. The van der Waals surface area contributed by atoms with Crippen LogP contribution in [-0.4, -0.2) is 12.4 Å². The Labute approximate surface area is 145 Å². The third-order valence-electron chi connectivity index (χ3n) is 3.59. The second kappa shape index (κ2) is 9.57. The monoisotopic (exact) mass is 344 g/mol. The van der Waals surface area contributed by atoms with Crippen LogP contribution in [0, 0.1) is 17.5 Å². The fourth-order valence-electron chi connectivity index (χ4n) is 2.24. The first-order chi connectivity index (χ1) is 12.1. The number of unbranched alkanes of at least 4 members (excludes halogenated alkanes) is 2. The molecule has 2 aromatic carbocycles. The number of aryl methyl sites for hydroxylation is 1. The zero-order chi connectivity index (χ0) is 18.1. The number of nitrogens with zero attached hydrogens (tertiary/aromatic N) is 2. The van der Waals surface area contributed by atoms with E-state index in [2.05, 4.69) is 16.8 Å². The van der Waals surface area contributed by atoms with Crippen molar-refractivity contribution in [1.29, 1.82) is 0 Å². The molecule has 0 unspecified atom stereocenters. The van der Waals surface area contributed by atoms with Gasteiger partial charge in [0.2, 0.25) is 0 Å². The van der Waals surface area contributed by atoms with Crippen molar-refractivity contribution < 1.29 is 13.2 Å². The highest BCUT2D eigenvalue weighted by atomic mass is 19.2. The molecule has 0 amide bonds. The number of halogens is 3. The lowest BCUT2D eigenvalue weighted by atomic mass is 10.1. The van der Waals surface area contributed by atoms with E-state index in [1.807, 2.05) is 30.3 Å². The molecule has 0 spiro atoms. The van der Waals surface area contributed by atoms with E-state index in [-0.39, 0.29) is 5.56 Å². The SMILES string of the molecule is C=CCCCCc1ccc(/C=N/N=C/c2cc(F)c(F)c(F)c2)cc1. The minimum Gasteiger partial charge on any atom is -0.204 e. The molecular weight excluding hydrogens is 325 g/mol. The Bertz CT molecular complexity index is 742. The molecule has 0 fully saturated rings. The molecule has 2 aromatic rings. The predicted octanol–water partition coefficient (Wildman–Crippen LogP) is 5.46. The van der Waals surface area contributed by atoms with Crippen LogP contribution in [0.2, 0.25) is 0 Å². The van der Waals surface area contributed by atoms with Crippen LogP contribution in [0.1, 0.15) is 36.0 Å².